The molecule has 0 heterocycles. The number of hydrogen-bond acceptors (Lipinski definition) is 2. The minimum atomic E-state index is -0.375. The van der Waals surface area contributed by atoms with Gasteiger partial charge in [-0.1, -0.05) is 24.3 Å². The quantitative estimate of drug-likeness (QED) is 0.841. The van der Waals surface area contributed by atoms with Crippen molar-refractivity contribution in [3.8, 4) is 0 Å². The number of nitrogens with two attached hydrogens (primary N) is 1. The summed E-state index contributed by atoms with van der Waals surface area (Å²) in [7, 11) is 0. The topological polar surface area (TPSA) is 43.1 Å². The molecule has 86 valence electrons. The average molecular weight is 217 g/mol. The molecule has 1 aromatic carbocycles. The summed E-state index contributed by atoms with van der Waals surface area (Å²) in [6.07, 6.45) is 2.18. The molecule has 0 aromatic heterocycles. The Balaban J connectivity index is 1.92. The van der Waals surface area contributed by atoms with Crippen molar-refractivity contribution in [3.63, 3.8) is 0 Å². The second-order valence-electron chi connectivity index (χ2n) is 5.51. The van der Waals surface area contributed by atoms with Gasteiger partial charge in [-0.25, -0.2) is 0 Å². The SMILES string of the molecule is CC(C)(N)CC(=O)CC1Cc2ccccc21. The van der Waals surface area contributed by atoms with Gasteiger partial charge in [0.25, 0.3) is 0 Å². The molecule has 0 saturated carbocycles. The summed E-state index contributed by atoms with van der Waals surface area (Å²) in [4.78, 5) is 11.8. The van der Waals surface area contributed by atoms with Crippen LogP contribution in [0.5, 0.6) is 0 Å². The number of rotatable bonds is 4. The van der Waals surface area contributed by atoms with Gasteiger partial charge in [-0.2, -0.15) is 0 Å². The highest BCUT2D eigenvalue weighted by molar-refractivity contribution is 5.80. The monoisotopic (exact) mass is 217 g/mol. The summed E-state index contributed by atoms with van der Waals surface area (Å²) in [5, 5.41) is 0. The number of Topliss-reactive ketones (excluding diaryl/α,β-unsaturated/α-hetero) is 1. The Hall–Kier alpha value is -1.15. The van der Waals surface area contributed by atoms with Crippen LogP contribution >= 0.6 is 0 Å². The molecule has 1 aromatic rings. The van der Waals surface area contributed by atoms with Crippen molar-refractivity contribution in [2.75, 3.05) is 0 Å². The Morgan fingerprint density at radius 2 is 2.12 bits per heavy atom. The fraction of sp³-hybridized carbons (Fsp3) is 0.500. The van der Waals surface area contributed by atoms with Crippen LogP contribution in [0.4, 0.5) is 0 Å². The van der Waals surface area contributed by atoms with E-state index in [9.17, 15) is 4.79 Å². The zero-order valence-corrected chi connectivity index (χ0v) is 9.99. The van der Waals surface area contributed by atoms with E-state index in [1.165, 1.54) is 11.1 Å². The number of carbonyl (C=O) groups excluding carboxylic acids is 1. The van der Waals surface area contributed by atoms with E-state index in [2.05, 4.69) is 18.2 Å². The van der Waals surface area contributed by atoms with Gasteiger partial charge in [0.1, 0.15) is 5.78 Å². The summed E-state index contributed by atoms with van der Waals surface area (Å²) in [6, 6.07) is 8.37. The van der Waals surface area contributed by atoms with Crippen molar-refractivity contribution >= 4 is 5.78 Å². The van der Waals surface area contributed by atoms with Crippen LogP contribution in [0.25, 0.3) is 0 Å². The van der Waals surface area contributed by atoms with Crippen molar-refractivity contribution in [1.82, 2.24) is 0 Å². The molecule has 1 unspecified atom stereocenters. The lowest BCUT2D eigenvalue weighted by Gasteiger charge is -2.30. The van der Waals surface area contributed by atoms with Crippen LogP contribution in [0.3, 0.4) is 0 Å². The fourth-order valence-corrected chi connectivity index (χ4v) is 2.40. The highest BCUT2D eigenvalue weighted by atomic mass is 16.1. The molecule has 2 nitrogen and oxygen atoms in total. The van der Waals surface area contributed by atoms with E-state index in [0.29, 0.717) is 18.8 Å². The zero-order chi connectivity index (χ0) is 11.8. The second-order valence-corrected chi connectivity index (χ2v) is 5.51. The van der Waals surface area contributed by atoms with Gasteiger partial charge in [0.15, 0.2) is 0 Å². The van der Waals surface area contributed by atoms with Gasteiger partial charge < -0.3 is 5.73 Å². The van der Waals surface area contributed by atoms with E-state index in [1.807, 2.05) is 19.9 Å². The molecule has 0 spiro atoms. The second kappa shape index (κ2) is 4.02. The summed E-state index contributed by atoms with van der Waals surface area (Å²) in [5.74, 6) is 0.720. The van der Waals surface area contributed by atoms with Crippen LogP contribution in [0.15, 0.2) is 24.3 Å². The summed E-state index contributed by atoms with van der Waals surface area (Å²) in [5.41, 5.74) is 8.22. The molecule has 0 saturated heterocycles. The maximum atomic E-state index is 11.8. The summed E-state index contributed by atoms with van der Waals surface area (Å²) < 4.78 is 0. The molecule has 1 aliphatic rings. The van der Waals surface area contributed by atoms with Crippen LogP contribution < -0.4 is 5.73 Å². The van der Waals surface area contributed by atoms with Crippen molar-refractivity contribution in [2.45, 2.75) is 44.6 Å². The van der Waals surface area contributed by atoms with Crippen molar-refractivity contribution in [2.24, 2.45) is 5.73 Å². The molecule has 0 bridgehead atoms. The first-order valence-electron chi connectivity index (χ1n) is 5.84. The number of carbonyl (C=O) groups is 1. The molecular formula is C14H19NO. The van der Waals surface area contributed by atoms with Gasteiger partial charge in [0.2, 0.25) is 0 Å². The largest absolute Gasteiger partial charge is 0.325 e. The Kier molecular flexibility index (Phi) is 2.85. The third-order valence-electron chi connectivity index (χ3n) is 3.09. The smallest absolute Gasteiger partial charge is 0.135 e. The number of ketones is 1. The van der Waals surface area contributed by atoms with E-state index in [1.54, 1.807) is 0 Å². The Morgan fingerprint density at radius 3 is 2.75 bits per heavy atom. The lowest BCUT2D eigenvalue weighted by molar-refractivity contribution is -0.120. The fourth-order valence-electron chi connectivity index (χ4n) is 2.40. The highest BCUT2D eigenvalue weighted by Gasteiger charge is 2.28. The van der Waals surface area contributed by atoms with Crippen molar-refractivity contribution in [3.05, 3.63) is 35.4 Å². The van der Waals surface area contributed by atoms with E-state index in [0.717, 1.165) is 6.42 Å². The lowest BCUT2D eigenvalue weighted by Crippen LogP contribution is -2.35. The van der Waals surface area contributed by atoms with Gasteiger partial charge in [-0.3, -0.25) is 4.79 Å². The third-order valence-corrected chi connectivity index (χ3v) is 3.09. The van der Waals surface area contributed by atoms with E-state index < -0.39 is 0 Å². The molecular weight excluding hydrogens is 198 g/mol. The van der Waals surface area contributed by atoms with Gasteiger partial charge in [-0.15, -0.1) is 0 Å². The first-order valence-corrected chi connectivity index (χ1v) is 5.84. The zero-order valence-electron chi connectivity index (χ0n) is 9.99. The molecule has 0 fully saturated rings. The Morgan fingerprint density at radius 1 is 1.44 bits per heavy atom. The minimum Gasteiger partial charge on any atom is -0.325 e. The minimum absolute atomic E-state index is 0.284. The number of benzene rings is 1. The average Bonchev–Trinajstić information content (AvgIpc) is 2.11. The van der Waals surface area contributed by atoms with Gasteiger partial charge in [-0.05, 0) is 37.3 Å². The summed E-state index contributed by atoms with van der Waals surface area (Å²) >= 11 is 0. The summed E-state index contributed by atoms with van der Waals surface area (Å²) in [6.45, 7) is 3.80. The third kappa shape index (κ3) is 2.50. The molecule has 1 atom stereocenters. The molecule has 16 heavy (non-hydrogen) atoms. The van der Waals surface area contributed by atoms with E-state index >= 15 is 0 Å². The normalized spacial score (nSPS) is 18.8. The van der Waals surface area contributed by atoms with Crippen molar-refractivity contribution < 1.29 is 4.79 Å². The highest BCUT2D eigenvalue weighted by Crippen LogP contribution is 2.37. The lowest BCUT2D eigenvalue weighted by atomic mass is 9.74. The molecule has 1 aliphatic carbocycles. The first-order chi connectivity index (χ1) is 7.46. The van der Waals surface area contributed by atoms with Gasteiger partial charge in [0, 0.05) is 18.4 Å². The first kappa shape index (κ1) is 11.3. The number of hydrogen-bond donors (Lipinski definition) is 1. The van der Waals surface area contributed by atoms with Gasteiger partial charge >= 0.3 is 0 Å². The number of fused-ring (bicyclic) bond motifs is 1. The van der Waals surface area contributed by atoms with Crippen LogP contribution in [0.2, 0.25) is 0 Å². The van der Waals surface area contributed by atoms with Crippen molar-refractivity contribution in [1.29, 1.82) is 0 Å². The molecule has 2 heteroatoms. The van der Waals surface area contributed by atoms with Crippen LogP contribution in [-0.4, -0.2) is 11.3 Å². The molecule has 2 rings (SSSR count). The Labute approximate surface area is 96.8 Å². The molecule has 0 aliphatic heterocycles. The van der Waals surface area contributed by atoms with E-state index in [4.69, 9.17) is 5.73 Å². The maximum Gasteiger partial charge on any atom is 0.135 e. The predicted molar refractivity (Wildman–Crippen MR) is 65.4 cm³/mol. The van der Waals surface area contributed by atoms with Crippen LogP contribution in [0.1, 0.15) is 43.7 Å². The maximum absolute atomic E-state index is 11.8. The van der Waals surface area contributed by atoms with E-state index in [-0.39, 0.29) is 11.3 Å². The standard InChI is InChI=1S/C14H19NO/c1-14(2,15)9-12(16)8-11-7-10-5-3-4-6-13(10)11/h3-6,11H,7-9,15H2,1-2H3. The Bertz CT molecular complexity index is 403. The van der Waals surface area contributed by atoms with Crippen LogP contribution in [-0.2, 0) is 11.2 Å². The molecule has 0 amide bonds. The molecule has 0 radical (unpaired) electrons. The van der Waals surface area contributed by atoms with Gasteiger partial charge in [0.05, 0.1) is 0 Å². The molecule has 2 N–H and O–H groups in total. The predicted octanol–water partition coefficient (Wildman–Crippen LogP) is 2.41. The van der Waals surface area contributed by atoms with Crippen LogP contribution in [0, 0.1) is 0 Å².